The van der Waals surface area contributed by atoms with E-state index in [0.29, 0.717) is 18.2 Å². The van der Waals surface area contributed by atoms with Crippen molar-refractivity contribution in [2.45, 2.75) is 26.1 Å². The number of nitrogens with one attached hydrogen (secondary N) is 1. The third kappa shape index (κ3) is 3.20. The second kappa shape index (κ2) is 4.82. The molecule has 16 heavy (non-hydrogen) atoms. The number of hydrogen-bond donors (Lipinski definition) is 1. The van der Waals surface area contributed by atoms with E-state index in [1.807, 2.05) is 6.92 Å². The molecule has 0 aromatic heterocycles. The van der Waals surface area contributed by atoms with Crippen LogP contribution >= 0.6 is 0 Å². The average molecular weight is 235 g/mol. The third-order valence-electron chi connectivity index (χ3n) is 2.26. The molecule has 0 heterocycles. The van der Waals surface area contributed by atoms with E-state index in [2.05, 4.69) is 5.32 Å². The largest absolute Gasteiger partial charge is 0.416 e. The molecule has 5 heteroatoms. The molecule has 0 aliphatic heterocycles. The van der Waals surface area contributed by atoms with Crippen LogP contribution in [0.1, 0.15) is 31.0 Å². The minimum atomic E-state index is -4.51. The van der Waals surface area contributed by atoms with Crippen LogP contribution in [0.25, 0.3) is 0 Å². The van der Waals surface area contributed by atoms with Gasteiger partial charge in [0.15, 0.2) is 0 Å². The summed E-state index contributed by atoms with van der Waals surface area (Å²) in [7, 11) is 0. The van der Waals surface area contributed by atoms with Gasteiger partial charge >= 0.3 is 6.18 Å². The first-order chi connectivity index (χ1) is 7.34. The van der Waals surface area contributed by atoms with Gasteiger partial charge in [0.05, 0.1) is 5.56 Å². The summed E-state index contributed by atoms with van der Waals surface area (Å²) in [6.07, 6.45) is -4.51. The van der Waals surface area contributed by atoms with E-state index in [1.54, 1.807) is 6.92 Å². The van der Waals surface area contributed by atoms with Gasteiger partial charge in [0, 0.05) is 6.04 Å². The monoisotopic (exact) mass is 235 g/mol. The molecule has 1 rings (SSSR count). The van der Waals surface area contributed by atoms with Gasteiger partial charge in [-0.1, -0.05) is 6.92 Å². The second-order valence-electron chi connectivity index (χ2n) is 3.55. The first kappa shape index (κ1) is 13.0. The molecule has 0 amide bonds. The van der Waals surface area contributed by atoms with Crippen molar-refractivity contribution >= 4 is 0 Å². The zero-order valence-corrected chi connectivity index (χ0v) is 9.03. The Morgan fingerprint density at radius 2 is 1.88 bits per heavy atom. The lowest BCUT2D eigenvalue weighted by Gasteiger charge is -2.15. The molecule has 1 nitrogen and oxygen atoms in total. The molecular weight excluding hydrogens is 222 g/mol. The Bertz CT molecular complexity index is 359. The van der Waals surface area contributed by atoms with Gasteiger partial charge in [-0.15, -0.1) is 0 Å². The molecule has 0 spiro atoms. The highest BCUT2D eigenvalue weighted by atomic mass is 19.4. The number of rotatable bonds is 3. The fourth-order valence-corrected chi connectivity index (χ4v) is 1.45. The van der Waals surface area contributed by atoms with E-state index < -0.39 is 17.6 Å². The maximum absolute atomic E-state index is 13.0. The zero-order valence-electron chi connectivity index (χ0n) is 9.03. The molecule has 0 saturated carbocycles. The Labute approximate surface area is 91.5 Å². The maximum atomic E-state index is 13.0. The number of alkyl halides is 3. The van der Waals surface area contributed by atoms with Crippen molar-refractivity contribution in [3.05, 3.63) is 35.1 Å². The van der Waals surface area contributed by atoms with Gasteiger partial charge in [0.1, 0.15) is 5.82 Å². The minimum absolute atomic E-state index is 0.300. The van der Waals surface area contributed by atoms with Crippen molar-refractivity contribution in [2.75, 3.05) is 6.54 Å². The molecular formula is C11H13F4N. The molecule has 0 aliphatic carbocycles. The van der Waals surface area contributed by atoms with Gasteiger partial charge in [-0.05, 0) is 37.2 Å². The molecule has 90 valence electrons. The molecule has 1 aromatic rings. The summed E-state index contributed by atoms with van der Waals surface area (Å²) >= 11 is 0. The summed E-state index contributed by atoms with van der Waals surface area (Å²) < 4.78 is 50.3. The molecule has 1 unspecified atom stereocenters. The summed E-state index contributed by atoms with van der Waals surface area (Å²) in [5.41, 5.74) is -0.651. The summed E-state index contributed by atoms with van der Waals surface area (Å²) in [5.74, 6) is -0.866. The van der Waals surface area contributed by atoms with Crippen LogP contribution in [0.15, 0.2) is 18.2 Å². The average Bonchev–Trinajstić information content (AvgIpc) is 2.16. The van der Waals surface area contributed by atoms with Crippen LogP contribution < -0.4 is 5.32 Å². The van der Waals surface area contributed by atoms with Crippen molar-refractivity contribution in [1.82, 2.24) is 5.32 Å². The van der Waals surface area contributed by atoms with Crippen LogP contribution in [-0.2, 0) is 6.18 Å². The lowest BCUT2D eigenvalue weighted by Crippen LogP contribution is -2.18. The molecule has 0 radical (unpaired) electrons. The zero-order chi connectivity index (χ0) is 12.3. The first-order valence-corrected chi connectivity index (χ1v) is 4.95. The number of benzene rings is 1. The maximum Gasteiger partial charge on any atom is 0.416 e. The van der Waals surface area contributed by atoms with Crippen molar-refractivity contribution in [3.63, 3.8) is 0 Å². The van der Waals surface area contributed by atoms with Crippen LogP contribution in [0, 0.1) is 5.82 Å². The first-order valence-electron chi connectivity index (χ1n) is 4.95. The molecule has 0 saturated heterocycles. The Hall–Kier alpha value is -1.10. The van der Waals surface area contributed by atoms with Crippen molar-refractivity contribution in [1.29, 1.82) is 0 Å². The smallest absolute Gasteiger partial charge is 0.310 e. The quantitative estimate of drug-likeness (QED) is 0.790. The van der Waals surface area contributed by atoms with Crippen LogP contribution in [0.4, 0.5) is 17.6 Å². The molecule has 0 aliphatic rings. The molecule has 1 N–H and O–H groups in total. The van der Waals surface area contributed by atoms with Crippen molar-refractivity contribution < 1.29 is 17.6 Å². The van der Waals surface area contributed by atoms with Crippen LogP contribution in [0.2, 0.25) is 0 Å². The van der Waals surface area contributed by atoms with E-state index in [0.717, 1.165) is 12.1 Å². The second-order valence-corrected chi connectivity index (χ2v) is 3.55. The Morgan fingerprint density at radius 3 is 2.38 bits per heavy atom. The number of hydrogen-bond acceptors (Lipinski definition) is 1. The molecule has 0 bridgehead atoms. The van der Waals surface area contributed by atoms with Crippen LogP contribution in [-0.4, -0.2) is 6.54 Å². The summed E-state index contributed by atoms with van der Waals surface area (Å²) in [4.78, 5) is 0. The van der Waals surface area contributed by atoms with Crippen LogP contribution in [0.3, 0.4) is 0 Å². The summed E-state index contributed by atoms with van der Waals surface area (Å²) in [6.45, 7) is 4.14. The highest BCUT2D eigenvalue weighted by molar-refractivity contribution is 5.28. The van der Waals surface area contributed by atoms with E-state index in [9.17, 15) is 17.6 Å². The Morgan fingerprint density at radius 1 is 1.25 bits per heavy atom. The van der Waals surface area contributed by atoms with Crippen molar-refractivity contribution in [2.24, 2.45) is 0 Å². The summed E-state index contributed by atoms with van der Waals surface area (Å²) in [6, 6.07) is 2.28. The fourth-order valence-electron chi connectivity index (χ4n) is 1.45. The SMILES string of the molecule is CCNC(C)c1cc(F)cc(C(F)(F)F)c1. The highest BCUT2D eigenvalue weighted by Crippen LogP contribution is 2.31. The Balaban J connectivity index is 3.08. The van der Waals surface area contributed by atoms with Crippen molar-refractivity contribution in [3.8, 4) is 0 Å². The van der Waals surface area contributed by atoms with Gasteiger partial charge in [-0.3, -0.25) is 0 Å². The van der Waals surface area contributed by atoms with Gasteiger partial charge < -0.3 is 5.32 Å². The predicted molar refractivity (Wildman–Crippen MR) is 53.5 cm³/mol. The van der Waals surface area contributed by atoms with Gasteiger partial charge in [-0.25, -0.2) is 4.39 Å². The molecule has 1 atom stereocenters. The minimum Gasteiger partial charge on any atom is -0.310 e. The lowest BCUT2D eigenvalue weighted by atomic mass is 10.0. The van der Waals surface area contributed by atoms with Gasteiger partial charge in [-0.2, -0.15) is 13.2 Å². The predicted octanol–water partition coefficient (Wildman–Crippen LogP) is 3.52. The third-order valence-corrected chi connectivity index (χ3v) is 2.26. The highest BCUT2D eigenvalue weighted by Gasteiger charge is 2.31. The van der Waals surface area contributed by atoms with E-state index in [1.165, 1.54) is 0 Å². The fraction of sp³-hybridized carbons (Fsp3) is 0.455. The summed E-state index contributed by atoms with van der Waals surface area (Å²) in [5, 5.41) is 2.93. The Kier molecular flexibility index (Phi) is 3.91. The normalized spacial score (nSPS) is 13.9. The topological polar surface area (TPSA) is 12.0 Å². The van der Waals surface area contributed by atoms with E-state index >= 15 is 0 Å². The molecule has 0 fully saturated rings. The van der Waals surface area contributed by atoms with Crippen LogP contribution in [0.5, 0.6) is 0 Å². The lowest BCUT2D eigenvalue weighted by molar-refractivity contribution is -0.137. The van der Waals surface area contributed by atoms with E-state index in [-0.39, 0.29) is 6.04 Å². The standard InChI is InChI=1S/C11H13F4N/c1-3-16-7(2)8-4-9(11(13,14)15)6-10(12)5-8/h4-7,16H,3H2,1-2H3. The molecule has 1 aromatic carbocycles. The van der Waals surface area contributed by atoms with E-state index in [4.69, 9.17) is 0 Å². The number of halogens is 4. The van der Waals surface area contributed by atoms with Gasteiger partial charge in [0.25, 0.3) is 0 Å². The van der Waals surface area contributed by atoms with Gasteiger partial charge in [0.2, 0.25) is 0 Å².